The largest absolute Gasteiger partial charge is 0.481 e. The van der Waals surface area contributed by atoms with Gasteiger partial charge in [-0.25, -0.2) is 4.39 Å². The number of aryl methyl sites for hydroxylation is 1. The smallest absolute Gasteiger partial charge is 0.419 e. The summed E-state index contributed by atoms with van der Waals surface area (Å²) in [6, 6.07) is 2.46. The minimum Gasteiger partial charge on any atom is -0.481 e. The van der Waals surface area contributed by atoms with Gasteiger partial charge in [-0.1, -0.05) is 23.2 Å². The Labute approximate surface area is 168 Å². The first-order chi connectivity index (χ1) is 13.2. The third kappa shape index (κ3) is 5.45. The third-order valence-electron chi connectivity index (χ3n) is 3.63. The molecule has 2 rings (SSSR count). The van der Waals surface area contributed by atoms with Crippen LogP contribution in [-0.4, -0.2) is 11.1 Å². The van der Waals surface area contributed by atoms with Crippen LogP contribution in [0.3, 0.4) is 0 Å². The number of hydrogen-bond acceptors (Lipinski definition) is 2. The summed E-state index contributed by atoms with van der Waals surface area (Å²) in [6.45, 7) is 0. The average Bonchev–Trinajstić information content (AvgIpc) is 2.58. The lowest BCUT2D eigenvalue weighted by molar-refractivity contribution is -0.140. The fraction of sp³-hybridized carbons (Fsp3) is 0.235. The van der Waals surface area contributed by atoms with Crippen molar-refractivity contribution in [3.63, 3.8) is 0 Å². The second kappa shape index (κ2) is 8.27. The summed E-state index contributed by atoms with van der Waals surface area (Å²) in [6.07, 6.45) is -11.0. The van der Waals surface area contributed by atoms with Crippen LogP contribution in [0.25, 0.3) is 0 Å². The van der Waals surface area contributed by atoms with Gasteiger partial charge < -0.3 is 9.84 Å². The highest BCUT2D eigenvalue weighted by molar-refractivity contribution is 6.37. The molecule has 0 aromatic heterocycles. The van der Waals surface area contributed by atoms with Gasteiger partial charge in [0.15, 0.2) is 11.6 Å². The van der Waals surface area contributed by atoms with Gasteiger partial charge in [0.1, 0.15) is 10.8 Å². The lowest BCUT2D eigenvalue weighted by Gasteiger charge is -2.17. The monoisotopic (exact) mass is 464 g/mol. The number of ether oxygens (including phenoxy) is 1. The highest BCUT2D eigenvalue weighted by atomic mass is 35.5. The predicted octanol–water partition coefficient (Wildman–Crippen LogP) is 6.98. The number of carboxylic acid groups (broad SMARTS) is 1. The van der Waals surface area contributed by atoms with Crippen molar-refractivity contribution in [3.8, 4) is 11.5 Å². The summed E-state index contributed by atoms with van der Waals surface area (Å²) in [5.41, 5.74) is -3.31. The van der Waals surface area contributed by atoms with Crippen LogP contribution in [0.5, 0.6) is 11.5 Å². The summed E-state index contributed by atoms with van der Waals surface area (Å²) < 4.78 is 96.6. The van der Waals surface area contributed by atoms with Gasteiger partial charge in [-0.2, -0.15) is 26.3 Å². The summed E-state index contributed by atoms with van der Waals surface area (Å²) in [5, 5.41) is 6.85. The SMILES string of the molecule is O=C(O)CCc1cc(Oc2c(Cl)cc(C(F)(F)F)c(F)c2Cl)ccc1C(F)(F)F. The van der Waals surface area contributed by atoms with Gasteiger partial charge in [-0.05, 0) is 36.2 Å². The Morgan fingerprint density at radius 2 is 1.59 bits per heavy atom. The molecule has 0 bridgehead atoms. The maximum Gasteiger partial charge on any atom is 0.419 e. The lowest BCUT2D eigenvalue weighted by atomic mass is 10.0. The molecule has 0 amide bonds. The molecule has 29 heavy (non-hydrogen) atoms. The molecule has 0 radical (unpaired) electrons. The number of halogens is 9. The van der Waals surface area contributed by atoms with E-state index in [1.54, 1.807) is 0 Å². The molecule has 0 saturated heterocycles. The molecule has 1 N–H and O–H groups in total. The van der Waals surface area contributed by atoms with Crippen LogP contribution < -0.4 is 4.74 Å². The Kier molecular flexibility index (Phi) is 6.58. The maximum absolute atomic E-state index is 13.9. The molecular weight excluding hydrogens is 456 g/mol. The first kappa shape index (κ1) is 23.1. The van der Waals surface area contributed by atoms with E-state index in [0.29, 0.717) is 6.07 Å². The molecule has 0 heterocycles. The molecule has 12 heteroatoms. The summed E-state index contributed by atoms with van der Waals surface area (Å²) in [5.74, 6) is -4.30. The van der Waals surface area contributed by atoms with E-state index in [9.17, 15) is 35.5 Å². The van der Waals surface area contributed by atoms with Gasteiger partial charge in [0.05, 0.1) is 16.1 Å². The average molecular weight is 465 g/mol. The molecular formula is C17H9Cl2F7O3. The molecule has 0 atom stereocenters. The molecule has 158 valence electrons. The van der Waals surface area contributed by atoms with E-state index in [0.717, 1.165) is 12.1 Å². The van der Waals surface area contributed by atoms with E-state index in [2.05, 4.69) is 0 Å². The fourth-order valence-electron chi connectivity index (χ4n) is 2.35. The third-order valence-corrected chi connectivity index (χ3v) is 4.25. The van der Waals surface area contributed by atoms with Crippen LogP contribution in [0.1, 0.15) is 23.1 Å². The Bertz CT molecular complexity index is 940. The van der Waals surface area contributed by atoms with E-state index in [4.69, 9.17) is 33.0 Å². The van der Waals surface area contributed by atoms with Crippen molar-refractivity contribution >= 4 is 29.2 Å². The summed E-state index contributed by atoms with van der Waals surface area (Å²) >= 11 is 11.2. The van der Waals surface area contributed by atoms with E-state index in [1.165, 1.54) is 0 Å². The van der Waals surface area contributed by atoms with Crippen LogP contribution in [0.15, 0.2) is 24.3 Å². The van der Waals surface area contributed by atoms with Gasteiger partial charge in [0, 0.05) is 6.42 Å². The van der Waals surface area contributed by atoms with Gasteiger partial charge in [0.25, 0.3) is 0 Å². The van der Waals surface area contributed by atoms with Crippen molar-refractivity contribution in [2.45, 2.75) is 25.2 Å². The quantitative estimate of drug-likeness (QED) is 0.383. The highest BCUT2D eigenvalue weighted by Gasteiger charge is 2.37. The van der Waals surface area contributed by atoms with Crippen molar-refractivity contribution in [2.24, 2.45) is 0 Å². The van der Waals surface area contributed by atoms with Crippen molar-refractivity contribution in [2.75, 3.05) is 0 Å². The van der Waals surface area contributed by atoms with Gasteiger partial charge >= 0.3 is 18.3 Å². The maximum atomic E-state index is 13.9. The second-order valence-electron chi connectivity index (χ2n) is 5.67. The zero-order valence-corrected chi connectivity index (χ0v) is 15.4. The zero-order valence-electron chi connectivity index (χ0n) is 13.9. The summed E-state index contributed by atoms with van der Waals surface area (Å²) in [7, 11) is 0. The number of rotatable bonds is 5. The van der Waals surface area contributed by atoms with Crippen LogP contribution in [0.4, 0.5) is 30.7 Å². The Hall–Kier alpha value is -2.20. The number of carboxylic acids is 1. The number of benzene rings is 2. The van der Waals surface area contributed by atoms with Crippen LogP contribution >= 0.6 is 23.2 Å². The van der Waals surface area contributed by atoms with E-state index >= 15 is 0 Å². The van der Waals surface area contributed by atoms with Gasteiger partial charge in [-0.3, -0.25) is 4.79 Å². The zero-order chi connectivity index (χ0) is 22.1. The lowest BCUT2D eigenvalue weighted by Crippen LogP contribution is -2.11. The van der Waals surface area contributed by atoms with Crippen LogP contribution in [-0.2, 0) is 23.6 Å². The normalized spacial score (nSPS) is 12.2. The minimum absolute atomic E-state index is 0.230. The first-order valence-electron chi connectivity index (χ1n) is 7.56. The van der Waals surface area contributed by atoms with Gasteiger partial charge in [-0.15, -0.1) is 0 Å². The standard InChI is InChI=1S/C17H9Cl2F7O3/c18-11-6-10(17(24,25)26)14(20)13(19)15(11)29-8-2-3-9(16(21,22)23)7(5-8)1-4-12(27)28/h2-3,5-6H,1,4H2,(H,27,28). The molecule has 3 nitrogen and oxygen atoms in total. The van der Waals surface area contributed by atoms with Crippen LogP contribution in [0.2, 0.25) is 10.0 Å². The molecule has 0 spiro atoms. The molecule has 0 saturated carbocycles. The second-order valence-corrected chi connectivity index (χ2v) is 6.46. The van der Waals surface area contributed by atoms with Crippen molar-refractivity contribution in [1.82, 2.24) is 0 Å². The number of alkyl halides is 6. The van der Waals surface area contributed by atoms with E-state index < -0.39 is 69.5 Å². The molecule has 2 aromatic carbocycles. The molecule has 2 aromatic rings. The number of aliphatic carboxylic acids is 1. The highest BCUT2D eigenvalue weighted by Crippen LogP contribution is 2.44. The molecule has 0 aliphatic rings. The van der Waals surface area contributed by atoms with Crippen LogP contribution in [0, 0.1) is 5.82 Å². The Balaban J connectivity index is 2.48. The van der Waals surface area contributed by atoms with Crippen molar-refractivity contribution in [3.05, 3.63) is 56.8 Å². The van der Waals surface area contributed by atoms with Gasteiger partial charge in [0.2, 0.25) is 0 Å². The van der Waals surface area contributed by atoms with Crippen molar-refractivity contribution in [1.29, 1.82) is 0 Å². The first-order valence-corrected chi connectivity index (χ1v) is 8.32. The van der Waals surface area contributed by atoms with Crippen molar-refractivity contribution < 1.29 is 45.4 Å². The molecule has 0 aliphatic carbocycles. The number of hydrogen-bond donors (Lipinski definition) is 1. The van der Waals surface area contributed by atoms with E-state index in [1.807, 2.05) is 0 Å². The Morgan fingerprint density at radius 1 is 1.00 bits per heavy atom. The summed E-state index contributed by atoms with van der Waals surface area (Å²) in [4.78, 5) is 10.7. The predicted molar refractivity (Wildman–Crippen MR) is 88.9 cm³/mol. The van der Waals surface area contributed by atoms with E-state index in [-0.39, 0.29) is 11.8 Å². The molecule has 0 fully saturated rings. The number of carbonyl (C=O) groups is 1. The minimum atomic E-state index is -5.09. The Morgan fingerprint density at radius 3 is 2.10 bits per heavy atom. The topological polar surface area (TPSA) is 46.5 Å². The molecule has 0 aliphatic heterocycles. The molecule has 0 unspecified atom stereocenters. The fourth-order valence-corrected chi connectivity index (χ4v) is 2.89.